The summed E-state index contributed by atoms with van der Waals surface area (Å²) in [5.74, 6) is 0. The van der Waals surface area contributed by atoms with Crippen molar-refractivity contribution in [3.8, 4) is 0 Å². The highest BCUT2D eigenvalue weighted by atomic mass is 16.5. The zero-order chi connectivity index (χ0) is 13.4. The van der Waals surface area contributed by atoms with Gasteiger partial charge in [0.05, 0.1) is 12.7 Å². The van der Waals surface area contributed by atoms with E-state index < -0.39 is 0 Å². The maximum absolute atomic E-state index is 9.46. The largest absolute Gasteiger partial charge is 0.392 e. The highest BCUT2D eigenvalue weighted by molar-refractivity contribution is 4.87. The van der Waals surface area contributed by atoms with Gasteiger partial charge in [0, 0.05) is 31.7 Å². The van der Waals surface area contributed by atoms with Crippen LogP contribution in [0.15, 0.2) is 0 Å². The van der Waals surface area contributed by atoms with Crippen LogP contribution in [-0.2, 0) is 4.74 Å². The summed E-state index contributed by atoms with van der Waals surface area (Å²) in [6.45, 7) is 9.59. The molecule has 0 aromatic rings. The average molecular weight is 258 g/mol. The van der Waals surface area contributed by atoms with Crippen LogP contribution in [0.25, 0.3) is 0 Å². The fourth-order valence-corrected chi connectivity index (χ4v) is 2.85. The van der Waals surface area contributed by atoms with Crippen LogP contribution < -0.4 is 5.32 Å². The van der Waals surface area contributed by atoms with Crippen molar-refractivity contribution >= 4 is 0 Å². The molecule has 4 nitrogen and oxygen atoms in total. The molecule has 2 N–H and O–H groups in total. The molecule has 0 saturated carbocycles. The van der Waals surface area contributed by atoms with Crippen molar-refractivity contribution in [2.24, 2.45) is 5.41 Å². The standard InChI is InChI=1S/C14H30N2O2/c1-4-7-15-10-14(6-5-8-18-12-14)11-16(3)9-13(2)17/h13,15,17H,4-12H2,1-3H3. The van der Waals surface area contributed by atoms with Crippen molar-refractivity contribution in [3.05, 3.63) is 0 Å². The van der Waals surface area contributed by atoms with E-state index in [2.05, 4.69) is 24.2 Å². The van der Waals surface area contributed by atoms with Crippen LogP contribution in [0.3, 0.4) is 0 Å². The summed E-state index contributed by atoms with van der Waals surface area (Å²) in [7, 11) is 2.09. The lowest BCUT2D eigenvalue weighted by Gasteiger charge is -2.40. The minimum absolute atomic E-state index is 0.219. The average Bonchev–Trinajstić information content (AvgIpc) is 2.29. The van der Waals surface area contributed by atoms with Crippen LogP contribution >= 0.6 is 0 Å². The van der Waals surface area contributed by atoms with Gasteiger partial charge >= 0.3 is 0 Å². The number of nitrogens with one attached hydrogen (secondary N) is 1. The Labute approximate surface area is 112 Å². The lowest BCUT2D eigenvalue weighted by molar-refractivity contribution is -0.0267. The van der Waals surface area contributed by atoms with Crippen LogP contribution in [0, 0.1) is 5.41 Å². The number of aliphatic hydroxyl groups excluding tert-OH is 1. The summed E-state index contributed by atoms with van der Waals surface area (Å²) in [6.07, 6.45) is 3.27. The van der Waals surface area contributed by atoms with Gasteiger partial charge in [-0.2, -0.15) is 0 Å². The molecule has 108 valence electrons. The summed E-state index contributed by atoms with van der Waals surface area (Å²) in [5.41, 5.74) is 0.219. The minimum atomic E-state index is -0.264. The molecule has 1 rings (SSSR count). The van der Waals surface area contributed by atoms with Crippen molar-refractivity contribution in [1.82, 2.24) is 10.2 Å². The molecule has 0 aromatic heterocycles. The first kappa shape index (κ1) is 15.9. The van der Waals surface area contributed by atoms with Crippen molar-refractivity contribution in [2.45, 2.75) is 39.2 Å². The smallest absolute Gasteiger partial charge is 0.0638 e. The molecule has 1 heterocycles. The molecule has 0 aromatic carbocycles. The molecular formula is C14H30N2O2. The second-order valence-corrected chi connectivity index (χ2v) is 5.88. The Bertz CT molecular complexity index is 216. The molecule has 1 saturated heterocycles. The lowest BCUT2D eigenvalue weighted by atomic mass is 9.81. The zero-order valence-electron chi connectivity index (χ0n) is 12.2. The van der Waals surface area contributed by atoms with Gasteiger partial charge in [-0.05, 0) is 39.8 Å². The Morgan fingerprint density at radius 2 is 2.28 bits per heavy atom. The quantitative estimate of drug-likeness (QED) is 0.640. The first-order valence-electron chi connectivity index (χ1n) is 7.23. The Kier molecular flexibility index (Phi) is 7.15. The molecule has 0 spiro atoms. The number of likely N-dealkylation sites (N-methyl/N-ethyl adjacent to an activating group) is 1. The van der Waals surface area contributed by atoms with E-state index >= 15 is 0 Å². The number of ether oxygens (including phenoxy) is 1. The van der Waals surface area contributed by atoms with Crippen LogP contribution in [0.2, 0.25) is 0 Å². The fourth-order valence-electron chi connectivity index (χ4n) is 2.85. The Morgan fingerprint density at radius 3 is 2.83 bits per heavy atom. The third kappa shape index (κ3) is 5.65. The van der Waals surface area contributed by atoms with Crippen LogP contribution in [0.5, 0.6) is 0 Å². The Hall–Kier alpha value is -0.160. The molecule has 0 amide bonds. The van der Waals surface area contributed by atoms with E-state index in [4.69, 9.17) is 4.74 Å². The van der Waals surface area contributed by atoms with Gasteiger partial charge in [-0.3, -0.25) is 0 Å². The van der Waals surface area contributed by atoms with Gasteiger partial charge in [0.1, 0.15) is 0 Å². The molecule has 0 bridgehead atoms. The van der Waals surface area contributed by atoms with Crippen molar-refractivity contribution in [1.29, 1.82) is 0 Å². The van der Waals surface area contributed by atoms with E-state index in [0.29, 0.717) is 0 Å². The Balaban J connectivity index is 2.48. The van der Waals surface area contributed by atoms with E-state index in [-0.39, 0.29) is 11.5 Å². The van der Waals surface area contributed by atoms with E-state index in [1.165, 1.54) is 12.8 Å². The second kappa shape index (κ2) is 8.10. The zero-order valence-corrected chi connectivity index (χ0v) is 12.2. The van der Waals surface area contributed by atoms with Crippen LogP contribution in [0.1, 0.15) is 33.1 Å². The van der Waals surface area contributed by atoms with Crippen LogP contribution in [-0.4, -0.2) is 62.6 Å². The third-order valence-electron chi connectivity index (χ3n) is 3.51. The van der Waals surface area contributed by atoms with Crippen molar-refractivity contribution in [3.63, 3.8) is 0 Å². The number of hydrogen-bond acceptors (Lipinski definition) is 4. The molecule has 2 atom stereocenters. The maximum Gasteiger partial charge on any atom is 0.0638 e. The van der Waals surface area contributed by atoms with Gasteiger partial charge in [-0.1, -0.05) is 6.92 Å². The van der Waals surface area contributed by atoms with E-state index in [1.54, 1.807) is 0 Å². The van der Waals surface area contributed by atoms with Gasteiger partial charge < -0.3 is 20.1 Å². The maximum atomic E-state index is 9.46. The molecule has 4 heteroatoms. The topological polar surface area (TPSA) is 44.7 Å². The van der Waals surface area contributed by atoms with Gasteiger partial charge in [0.15, 0.2) is 0 Å². The predicted octanol–water partition coefficient (Wildman–Crippen LogP) is 1.10. The van der Waals surface area contributed by atoms with Gasteiger partial charge in [0.2, 0.25) is 0 Å². The van der Waals surface area contributed by atoms with E-state index in [9.17, 15) is 5.11 Å². The molecule has 0 aliphatic carbocycles. The molecule has 0 radical (unpaired) electrons. The number of nitrogens with zero attached hydrogens (tertiary/aromatic N) is 1. The SMILES string of the molecule is CCCNCC1(CN(C)CC(C)O)CCCOC1. The molecule has 1 aliphatic heterocycles. The first-order chi connectivity index (χ1) is 8.58. The molecule has 1 aliphatic rings. The number of aliphatic hydroxyl groups is 1. The predicted molar refractivity (Wildman–Crippen MR) is 74.8 cm³/mol. The summed E-state index contributed by atoms with van der Waals surface area (Å²) in [4.78, 5) is 2.23. The first-order valence-corrected chi connectivity index (χ1v) is 7.23. The Morgan fingerprint density at radius 1 is 1.50 bits per heavy atom. The molecule has 2 unspecified atom stereocenters. The third-order valence-corrected chi connectivity index (χ3v) is 3.51. The summed E-state index contributed by atoms with van der Waals surface area (Å²) < 4.78 is 5.69. The van der Waals surface area contributed by atoms with Crippen LogP contribution in [0.4, 0.5) is 0 Å². The second-order valence-electron chi connectivity index (χ2n) is 5.88. The molecule has 1 fully saturated rings. The van der Waals surface area contributed by atoms with Crippen molar-refractivity contribution in [2.75, 3.05) is 46.4 Å². The lowest BCUT2D eigenvalue weighted by Crippen LogP contribution is -2.49. The normalized spacial score (nSPS) is 26.5. The fraction of sp³-hybridized carbons (Fsp3) is 1.00. The summed E-state index contributed by atoms with van der Waals surface area (Å²) in [6, 6.07) is 0. The highest BCUT2D eigenvalue weighted by Crippen LogP contribution is 2.28. The van der Waals surface area contributed by atoms with Gasteiger partial charge in [0.25, 0.3) is 0 Å². The summed E-state index contributed by atoms with van der Waals surface area (Å²) >= 11 is 0. The number of rotatable bonds is 8. The number of hydrogen-bond donors (Lipinski definition) is 2. The highest BCUT2D eigenvalue weighted by Gasteiger charge is 2.33. The van der Waals surface area contributed by atoms with E-state index in [0.717, 1.165) is 45.8 Å². The van der Waals surface area contributed by atoms with Crippen molar-refractivity contribution < 1.29 is 9.84 Å². The molecular weight excluding hydrogens is 228 g/mol. The van der Waals surface area contributed by atoms with Gasteiger partial charge in [-0.25, -0.2) is 0 Å². The monoisotopic (exact) mass is 258 g/mol. The van der Waals surface area contributed by atoms with E-state index in [1.807, 2.05) is 6.92 Å². The summed E-state index contributed by atoms with van der Waals surface area (Å²) in [5, 5.41) is 13.0. The van der Waals surface area contributed by atoms with Gasteiger partial charge in [-0.15, -0.1) is 0 Å². The molecule has 18 heavy (non-hydrogen) atoms. The minimum Gasteiger partial charge on any atom is -0.392 e.